The summed E-state index contributed by atoms with van der Waals surface area (Å²) in [6.45, 7) is 1.48. The molecule has 150 valence electrons. The first-order valence-electron chi connectivity index (χ1n) is 8.85. The summed E-state index contributed by atoms with van der Waals surface area (Å²) in [5.41, 5.74) is 0.627. The number of anilines is 1. The van der Waals surface area contributed by atoms with Gasteiger partial charge in [0.2, 0.25) is 0 Å². The highest BCUT2D eigenvalue weighted by Gasteiger charge is 2.23. The van der Waals surface area contributed by atoms with E-state index >= 15 is 0 Å². The molecule has 3 rings (SSSR count). The standard InChI is InChI=1S/C22H20ClNO5/c1-13(21(25)24-18-12-16(23)8-9-19(18)27-2)29-22(26)17-10-14-6-4-5-7-15(14)11-20(17)28-3/h4-13H,1-3H3,(H,24,25)/t13-/m0/s1. The fourth-order valence-corrected chi connectivity index (χ4v) is 3.01. The zero-order valence-electron chi connectivity index (χ0n) is 16.2. The first-order valence-corrected chi connectivity index (χ1v) is 9.23. The predicted molar refractivity (Wildman–Crippen MR) is 112 cm³/mol. The Morgan fingerprint density at radius 1 is 0.931 bits per heavy atom. The van der Waals surface area contributed by atoms with Crippen LogP contribution in [0.1, 0.15) is 17.3 Å². The Morgan fingerprint density at radius 3 is 2.24 bits per heavy atom. The van der Waals surface area contributed by atoms with Crippen LogP contribution in [0.15, 0.2) is 54.6 Å². The smallest absolute Gasteiger partial charge is 0.342 e. The van der Waals surface area contributed by atoms with Gasteiger partial charge in [0.15, 0.2) is 6.10 Å². The lowest BCUT2D eigenvalue weighted by atomic mass is 10.1. The van der Waals surface area contributed by atoms with Crippen molar-refractivity contribution in [3.05, 3.63) is 65.2 Å². The maximum absolute atomic E-state index is 12.7. The molecule has 6 nitrogen and oxygen atoms in total. The molecule has 0 aliphatic carbocycles. The van der Waals surface area contributed by atoms with E-state index in [0.717, 1.165) is 10.8 Å². The third-order valence-electron chi connectivity index (χ3n) is 4.36. The summed E-state index contributed by atoms with van der Waals surface area (Å²) in [5.74, 6) is -0.359. The number of rotatable bonds is 6. The molecule has 0 saturated heterocycles. The van der Waals surface area contributed by atoms with E-state index in [1.807, 2.05) is 24.3 Å². The Bertz CT molecular complexity index is 1070. The molecule has 3 aromatic rings. The molecule has 0 bridgehead atoms. The molecule has 0 aromatic heterocycles. The zero-order chi connectivity index (χ0) is 21.0. The Kier molecular flexibility index (Phi) is 6.24. The summed E-state index contributed by atoms with van der Waals surface area (Å²) < 4.78 is 15.9. The van der Waals surface area contributed by atoms with Gasteiger partial charge in [0, 0.05) is 5.02 Å². The minimum atomic E-state index is -1.05. The number of hydrogen-bond acceptors (Lipinski definition) is 5. The molecule has 0 fully saturated rings. The van der Waals surface area contributed by atoms with Gasteiger partial charge < -0.3 is 19.5 Å². The molecular formula is C22H20ClNO5. The van der Waals surface area contributed by atoms with E-state index in [1.165, 1.54) is 21.1 Å². The average Bonchev–Trinajstić information content (AvgIpc) is 2.72. The molecular weight excluding hydrogens is 394 g/mol. The van der Waals surface area contributed by atoms with Crippen LogP contribution in [0, 0.1) is 0 Å². The molecule has 29 heavy (non-hydrogen) atoms. The molecule has 0 radical (unpaired) electrons. The molecule has 0 spiro atoms. The summed E-state index contributed by atoms with van der Waals surface area (Å²) in [5, 5.41) is 4.89. The Labute approximate surface area is 173 Å². The lowest BCUT2D eigenvalue weighted by Gasteiger charge is -2.16. The second-order valence-electron chi connectivity index (χ2n) is 6.28. The lowest BCUT2D eigenvalue weighted by Crippen LogP contribution is -2.30. The van der Waals surface area contributed by atoms with Crippen LogP contribution in [0.4, 0.5) is 5.69 Å². The minimum Gasteiger partial charge on any atom is -0.496 e. The van der Waals surface area contributed by atoms with Gasteiger partial charge in [-0.1, -0.05) is 35.9 Å². The van der Waals surface area contributed by atoms with Crippen LogP contribution >= 0.6 is 11.6 Å². The molecule has 1 N–H and O–H groups in total. The predicted octanol–water partition coefficient (Wildman–Crippen LogP) is 4.69. The van der Waals surface area contributed by atoms with Crippen molar-refractivity contribution in [3.8, 4) is 11.5 Å². The van der Waals surface area contributed by atoms with E-state index in [2.05, 4.69) is 5.32 Å². The summed E-state index contributed by atoms with van der Waals surface area (Å²) in [4.78, 5) is 25.2. The third kappa shape index (κ3) is 4.60. The number of carbonyl (C=O) groups excluding carboxylic acids is 2. The maximum atomic E-state index is 12.7. The van der Waals surface area contributed by atoms with E-state index in [4.69, 9.17) is 25.8 Å². The number of benzene rings is 3. The topological polar surface area (TPSA) is 73.9 Å². The molecule has 0 unspecified atom stereocenters. The molecule has 0 aliphatic rings. The summed E-state index contributed by atoms with van der Waals surface area (Å²) in [6, 6.07) is 15.8. The van der Waals surface area contributed by atoms with Gasteiger partial charge >= 0.3 is 5.97 Å². The van der Waals surface area contributed by atoms with Crippen molar-refractivity contribution in [2.75, 3.05) is 19.5 Å². The van der Waals surface area contributed by atoms with Crippen molar-refractivity contribution >= 4 is 39.9 Å². The maximum Gasteiger partial charge on any atom is 0.342 e. The lowest BCUT2D eigenvalue weighted by molar-refractivity contribution is -0.123. The van der Waals surface area contributed by atoms with Crippen molar-refractivity contribution in [1.82, 2.24) is 0 Å². The monoisotopic (exact) mass is 413 g/mol. The quantitative estimate of drug-likeness (QED) is 0.593. The minimum absolute atomic E-state index is 0.242. The molecule has 1 atom stereocenters. The third-order valence-corrected chi connectivity index (χ3v) is 4.60. The van der Waals surface area contributed by atoms with E-state index in [9.17, 15) is 9.59 Å². The van der Waals surface area contributed by atoms with Crippen molar-refractivity contribution < 1.29 is 23.8 Å². The fraction of sp³-hybridized carbons (Fsp3) is 0.182. The van der Waals surface area contributed by atoms with Gasteiger partial charge in [0.05, 0.1) is 19.9 Å². The van der Waals surface area contributed by atoms with Gasteiger partial charge in [-0.2, -0.15) is 0 Å². The van der Waals surface area contributed by atoms with Crippen LogP contribution < -0.4 is 14.8 Å². The van der Waals surface area contributed by atoms with Crippen molar-refractivity contribution in [2.45, 2.75) is 13.0 Å². The number of amides is 1. The first-order chi connectivity index (χ1) is 13.9. The largest absolute Gasteiger partial charge is 0.496 e. The van der Waals surface area contributed by atoms with Crippen LogP contribution in [0.25, 0.3) is 10.8 Å². The van der Waals surface area contributed by atoms with E-state index in [-0.39, 0.29) is 5.56 Å². The highest BCUT2D eigenvalue weighted by Crippen LogP contribution is 2.29. The summed E-state index contributed by atoms with van der Waals surface area (Å²) in [6.07, 6.45) is -1.05. The zero-order valence-corrected chi connectivity index (χ0v) is 16.9. The van der Waals surface area contributed by atoms with Crippen molar-refractivity contribution in [2.24, 2.45) is 0 Å². The van der Waals surface area contributed by atoms with Crippen LogP contribution in [-0.2, 0) is 9.53 Å². The number of ether oxygens (including phenoxy) is 3. The SMILES string of the molecule is COc1ccc(Cl)cc1NC(=O)[C@H](C)OC(=O)c1cc2ccccc2cc1OC. The number of hydrogen-bond donors (Lipinski definition) is 1. The highest BCUT2D eigenvalue weighted by atomic mass is 35.5. The van der Waals surface area contributed by atoms with Crippen molar-refractivity contribution in [3.63, 3.8) is 0 Å². The number of halogens is 1. The van der Waals surface area contributed by atoms with E-state index < -0.39 is 18.0 Å². The van der Waals surface area contributed by atoms with Crippen LogP contribution in [0.3, 0.4) is 0 Å². The van der Waals surface area contributed by atoms with Gasteiger partial charge in [-0.3, -0.25) is 4.79 Å². The second kappa shape index (κ2) is 8.84. The van der Waals surface area contributed by atoms with Crippen LogP contribution in [0.2, 0.25) is 5.02 Å². The number of fused-ring (bicyclic) bond motifs is 1. The number of carbonyl (C=O) groups is 2. The second-order valence-corrected chi connectivity index (χ2v) is 6.72. The fourth-order valence-electron chi connectivity index (χ4n) is 2.84. The van der Waals surface area contributed by atoms with Gasteiger partial charge in [0.25, 0.3) is 5.91 Å². The molecule has 1 amide bonds. The number of nitrogens with one attached hydrogen (secondary N) is 1. The van der Waals surface area contributed by atoms with Crippen LogP contribution in [0.5, 0.6) is 11.5 Å². The number of esters is 1. The van der Waals surface area contributed by atoms with E-state index in [1.54, 1.807) is 30.3 Å². The molecule has 0 heterocycles. The normalized spacial score (nSPS) is 11.6. The first kappa shape index (κ1) is 20.5. The van der Waals surface area contributed by atoms with Crippen molar-refractivity contribution in [1.29, 1.82) is 0 Å². The Hall–Kier alpha value is -3.25. The molecule has 0 aliphatic heterocycles. The molecule has 0 saturated carbocycles. The summed E-state index contributed by atoms with van der Waals surface area (Å²) in [7, 11) is 2.96. The molecule has 3 aromatic carbocycles. The highest BCUT2D eigenvalue weighted by molar-refractivity contribution is 6.31. The Morgan fingerprint density at radius 2 is 1.59 bits per heavy atom. The summed E-state index contributed by atoms with van der Waals surface area (Å²) >= 11 is 5.98. The van der Waals surface area contributed by atoms with E-state index in [0.29, 0.717) is 22.2 Å². The van der Waals surface area contributed by atoms with Gasteiger partial charge in [-0.25, -0.2) is 4.79 Å². The molecule has 7 heteroatoms. The Balaban J connectivity index is 1.77. The van der Waals surface area contributed by atoms with Crippen LogP contribution in [-0.4, -0.2) is 32.2 Å². The average molecular weight is 414 g/mol. The van der Waals surface area contributed by atoms with Gasteiger partial charge in [0.1, 0.15) is 17.1 Å². The van der Waals surface area contributed by atoms with Gasteiger partial charge in [-0.05, 0) is 48.0 Å². The van der Waals surface area contributed by atoms with Gasteiger partial charge in [-0.15, -0.1) is 0 Å². The number of methoxy groups -OCH3 is 2.